The molecular formula is C18H12ClNO4S2. The Balaban J connectivity index is 1.77. The SMILES string of the molecule is O=C(O)COc1ccc(/C=C2/SC(=S)N(c3ccc(Cl)cc3)C2=O)cc1. The number of hydrogen-bond donors (Lipinski definition) is 1. The highest BCUT2D eigenvalue weighted by Crippen LogP contribution is 2.36. The Hall–Kier alpha value is -2.35. The third kappa shape index (κ3) is 4.24. The van der Waals surface area contributed by atoms with Crippen LogP contribution in [0.5, 0.6) is 5.75 Å². The number of carboxylic acid groups (broad SMARTS) is 1. The van der Waals surface area contributed by atoms with Crippen LogP contribution in [-0.4, -0.2) is 27.9 Å². The predicted molar refractivity (Wildman–Crippen MR) is 107 cm³/mol. The molecule has 1 heterocycles. The highest BCUT2D eigenvalue weighted by Gasteiger charge is 2.33. The number of thiocarbonyl (C=S) groups is 1. The number of ether oxygens (including phenoxy) is 1. The second-order valence-electron chi connectivity index (χ2n) is 5.24. The predicted octanol–water partition coefficient (Wildman–Crippen LogP) is 4.21. The summed E-state index contributed by atoms with van der Waals surface area (Å²) in [6.07, 6.45) is 1.73. The van der Waals surface area contributed by atoms with Gasteiger partial charge in [0.25, 0.3) is 5.91 Å². The molecule has 1 N–H and O–H groups in total. The maximum absolute atomic E-state index is 12.7. The molecule has 0 bridgehead atoms. The van der Waals surface area contributed by atoms with Crippen LogP contribution in [0.1, 0.15) is 5.56 Å². The monoisotopic (exact) mass is 405 g/mol. The van der Waals surface area contributed by atoms with E-state index in [2.05, 4.69) is 0 Å². The van der Waals surface area contributed by atoms with Crippen molar-refractivity contribution in [1.29, 1.82) is 0 Å². The van der Waals surface area contributed by atoms with Gasteiger partial charge in [-0.25, -0.2) is 4.79 Å². The van der Waals surface area contributed by atoms with E-state index in [1.54, 1.807) is 54.6 Å². The summed E-state index contributed by atoms with van der Waals surface area (Å²) < 4.78 is 5.53. The minimum atomic E-state index is -1.04. The lowest BCUT2D eigenvalue weighted by atomic mass is 10.2. The number of nitrogens with zero attached hydrogens (tertiary/aromatic N) is 1. The number of carboxylic acids is 1. The quantitative estimate of drug-likeness (QED) is 0.593. The Kier molecular flexibility index (Phi) is 5.61. The van der Waals surface area contributed by atoms with E-state index in [9.17, 15) is 9.59 Å². The number of benzene rings is 2. The van der Waals surface area contributed by atoms with Gasteiger partial charge in [-0.05, 0) is 48.0 Å². The molecule has 0 unspecified atom stereocenters. The Bertz CT molecular complexity index is 894. The van der Waals surface area contributed by atoms with Gasteiger partial charge in [0.05, 0.1) is 10.6 Å². The van der Waals surface area contributed by atoms with Gasteiger partial charge < -0.3 is 9.84 Å². The van der Waals surface area contributed by atoms with Crippen molar-refractivity contribution in [2.75, 3.05) is 11.5 Å². The fraction of sp³-hybridized carbons (Fsp3) is 0.0556. The van der Waals surface area contributed by atoms with Gasteiger partial charge in [0, 0.05) is 5.02 Å². The first-order valence-electron chi connectivity index (χ1n) is 7.42. The first-order chi connectivity index (χ1) is 12.4. The van der Waals surface area contributed by atoms with Crippen LogP contribution in [0.2, 0.25) is 5.02 Å². The molecular weight excluding hydrogens is 394 g/mol. The molecule has 0 atom stereocenters. The molecule has 1 aliphatic rings. The third-order valence-electron chi connectivity index (χ3n) is 3.42. The van der Waals surface area contributed by atoms with Gasteiger partial charge in [0.1, 0.15) is 5.75 Å². The van der Waals surface area contributed by atoms with Crippen LogP contribution in [0, 0.1) is 0 Å². The minimum Gasteiger partial charge on any atom is -0.482 e. The van der Waals surface area contributed by atoms with Crippen molar-refractivity contribution in [2.24, 2.45) is 0 Å². The number of amides is 1. The molecule has 1 aliphatic heterocycles. The Morgan fingerprint density at radius 1 is 1.19 bits per heavy atom. The van der Waals surface area contributed by atoms with E-state index in [4.69, 9.17) is 33.7 Å². The van der Waals surface area contributed by atoms with Gasteiger partial charge in [0.2, 0.25) is 0 Å². The number of halogens is 1. The van der Waals surface area contributed by atoms with Gasteiger partial charge in [-0.1, -0.05) is 47.7 Å². The molecule has 0 radical (unpaired) electrons. The minimum absolute atomic E-state index is 0.200. The zero-order valence-corrected chi connectivity index (χ0v) is 15.6. The van der Waals surface area contributed by atoms with E-state index in [0.29, 0.717) is 25.7 Å². The number of carbonyl (C=O) groups is 2. The number of aliphatic carboxylic acids is 1. The molecule has 3 rings (SSSR count). The molecule has 8 heteroatoms. The van der Waals surface area contributed by atoms with E-state index in [1.807, 2.05) is 0 Å². The van der Waals surface area contributed by atoms with Crippen LogP contribution in [0.25, 0.3) is 6.08 Å². The van der Waals surface area contributed by atoms with E-state index >= 15 is 0 Å². The van der Waals surface area contributed by atoms with E-state index in [1.165, 1.54) is 16.7 Å². The van der Waals surface area contributed by atoms with Crippen LogP contribution >= 0.6 is 35.6 Å². The van der Waals surface area contributed by atoms with E-state index in [0.717, 1.165) is 5.56 Å². The van der Waals surface area contributed by atoms with Crippen molar-refractivity contribution < 1.29 is 19.4 Å². The average molecular weight is 406 g/mol. The fourth-order valence-corrected chi connectivity index (χ4v) is 3.66. The maximum atomic E-state index is 12.7. The van der Waals surface area contributed by atoms with Crippen LogP contribution in [0.4, 0.5) is 5.69 Å². The zero-order chi connectivity index (χ0) is 18.7. The summed E-state index contributed by atoms with van der Waals surface area (Å²) in [5.41, 5.74) is 1.45. The van der Waals surface area contributed by atoms with Crippen molar-refractivity contribution in [2.45, 2.75) is 0 Å². The van der Waals surface area contributed by atoms with Crippen LogP contribution < -0.4 is 9.64 Å². The van der Waals surface area contributed by atoms with Gasteiger partial charge in [-0.15, -0.1) is 0 Å². The average Bonchev–Trinajstić information content (AvgIpc) is 2.89. The lowest BCUT2D eigenvalue weighted by Crippen LogP contribution is -2.27. The topological polar surface area (TPSA) is 66.8 Å². The Morgan fingerprint density at radius 3 is 2.46 bits per heavy atom. The summed E-state index contributed by atoms with van der Waals surface area (Å²) >= 11 is 12.4. The maximum Gasteiger partial charge on any atom is 0.341 e. The first-order valence-corrected chi connectivity index (χ1v) is 9.02. The molecule has 0 spiro atoms. The summed E-state index contributed by atoms with van der Waals surface area (Å²) in [5, 5.41) is 9.19. The summed E-state index contributed by atoms with van der Waals surface area (Å²) in [6.45, 7) is -0.404. The molecule has 0 aromatic heterocycles. The lowest BCUT2D eigenvalue weighted by Gasteiger charge is -2.14. The summed E-state index contributed by atoms with van der Waals surface area (Å²) in [7, 11) is 0. The van der Waals surface area contributed by atoms with Gasteiger partial charge in [0.15, 0.2) is 10.9 Å². The normalized spacial score (nSPS) is 15.6. The smallest absolute Gasteiger partial charge is 0.341 e. The standard InChI is InChI=1S/C18H12ClNO4S2/c19-12-3-5-13(6-4-12)20-17(23)15(26-18(20)25)9-11-1-7-14(8-2-11)24-10-16(21)22/h1-9H,10H2,(H,21,22)/b15-9+. The highest BCUT2D eigenvalue weighted by molar-refractivity contribution is 8.27. The molecule has 1 amide bonds. The second-order valence-corrected chi connectivity index (χ2v) is 7.36. The number of anilines is 1. The summed E-state index contributed by atoms with van der Waals surface area (Å²) in [5.74, 6) is -0.799. The molecule has 132 valence electrons. The van der Waals surface area contributed by atoms with Crippen molar-refractivity contribution >= 4 is 63.5 Å². The first kappa shape index (κ1) is 18.4. The molecule has 0 aliphatic carbocycles. The van der Waals surface area contributed by atoms with E-state index in [-0.39, 0.29) is 5.91 Å². The van der Waals surface area contributed by atoms with Gasteiger partial charge >= 0.3 is 5.97 Å². The third-order valence-corrected chi connectivity index (χ3v) is 4.97. The highest BCUT2D eigenvalue weighted by atomic mass is 35.5. The van der Waals surface area contributed by atoms with Crippen molar-refractivity contribution in [1.82, 2.24) is 0 Å². The number of thioether (sulfide) groups is 1. The van der Waals surface area contributed by atoms with Crippen molar-refractivity contribution in [3.8, 4) is 5.75 Å². The zero-order valence-electron chi connectivity index (χ0n) is 13.2. The van der Waals surface area contributed by atoms with Crippen LogP contribution in [0.15, 0.2) is 53.4 Å². The van der Waals surface area contributed by atoms with Crippen molar-refractivity contribution in [3.05, 3.63) is 64.0 Å². The van der Waals surface area contributed by atoms with Crippen molar-refractivity contribution in [3.63, 3.8) is 0 Å². The van der Waals surface area contributed by atoms with Gasteiger partial charge in [-0.2, -0.15) is 0 Å². The Labute approximate surface area is 164 Å². The second kappa shape index (κ2) is 7.90. The number of carbonyl (C=O) groups excluding carboxylic acids is 1. The van der Waals surface area contributed by atoms with E-state index < -0.39 is 12.6 Å². The molecule has 5 nitrogen and oxygen atoms in total. The molecule has 2 aromatic carbocycles. The molecule has 0 saturated carbocycles. The van der Waals surface area contributed by atoms with Crippen LogP contribution in [0.3, 0.4) is 0 Å². The fourth-order valence-electron chi connectivity index (χ4n) is 2.24. The lowest BCUT2D eigenvalue weighted by molar-refractivity contribution is -0.139. The molecule has 1 saturated heterocycles. The number of hydrogen-bond acceptors (Lipinski definition) is 5. The largest absolute Gasteiger partial charge is 0.482 e. The van der Waals surface area contributed by atoms with Crippen LogP contribution in [-0.2, 0) is 9.59 Å². The summed E-state index contributed by atoms with van der Waals surface area (Å²) in [4.78, 5) is 25.1. The number of rotatable bonds is 5. The van der Waals surface area contributed by atoms with Gasteiger partial charge in [-0.3, -0.25) is 9.69 Å². The molecule has 2 aromatic rings. The Morgan fingerprint density at radius 2 is 1.85 bits per heavy atom. The molecule has 1 fully saturated rings. The summed E-state index contributed by atoms with van der Waals surface area (Å²) in [6, 6.07) is 13.7. The molecule has 26 heavy (non-hydrogen) atoms.